The van der Waals surface area contributed by atoms with Crippen LogP contribution in [0.3, 0.4) is 0 Å². The van der Waals surface area contributed by atoms with Gasteiger partial charge in [0, 0.05) is 12.8 Å². The maximum absolute atomic E-state index is 13.0. The minimum absolute atomic E-state index is 0.120. The average molecular weight is 915 g/mol. The summed E-state index contributed by atoms with van der Waals surface area (Å²) in [6, 6.07) is 0. The summed E-state index contributed by atoms with van der Waals surface area (Å²) in [7, 11) is 0. The van der Waals surface area contributed by atoms with E-state index in [9.17, 15) is 45.3 Å². The number of carbonyl (C=O) groups excluding carboxylic acids is 2. The number of carbonyl (C=O) groups is 2. The molecule has 15 nitrogen and oxygen atoms in total. The number of aliphatic hydroxyl groups is 7. The number of allylic oxidation sites excluding steroid dienone is 6. The molecule has 64 heavy (non-hydrogen) atoms. The molecule has 15 heteroatoms. The normalized spacial score (nSPS) is 26.9. The number of hydrogen-bond acceptors (Lipinski definition) is 15. The topological polar surface area (TPSA) is 231 Å². The lowest BCUT2D eigenvalue weighted by Crippen LogP contribution is -2.61. The van der Waals surface area contributed by atoms with Crippen LogP contribution in [0.15, 0.2) is 36.5 Å². The van der Waals surface area contributed by atoms with Crippen LogP contribution in [0, 0.1) is 0 Å². The molecule has 2 heterocycles. The summed E-state index contributed by atoms with van der Waals surface area (Å²) < 4.78 is 33.5. The quantitative estimate of drug-likeness (QED) is 0.0211. The molecule has 0 saturated carbocycles. The van der Waals surface area contributed by atoms with Gasteiger partial charge in [-0.2, -0.15) is 0 Å². The van der Waals surface area contributed by atoms with Crippen molar-refractivity contribution in [3.8, 4) is 0 Å². The van der Waals surface area contributed by atoms with Gasteiger partial charge in [-0.1, -0.05) is 121 Å². The van der Waals surface area contributed by atoms with Crippen LogP contribution in [0.4, 0.5) is 0 Å². The van der Waals surface area contributed by atoms with E-state index in [1.54, 1.807) is 0 Å². The number of ether oxygens (including phenoxy) is 6. The van der Waals surface area contributed by atoms with E-state index in [1.165, 1.54) is 77.0 Å². The van der Waals surface area contributed by atoms with Gasteiger partial charge in [-0.25, -0.2) is 0 Å². The molecule has 4 unspecified atom stereocenters. The highest BCUT2D eigenvalue weighted by molar-refractivity contribution is 5.70. The Kier molecular flexibility index (Phi) is 33.3. The van der Waals surface area contributed by atoms with Crippen LogP contribution in [0.5, 0.6) is 0 Å². The number of rotatable bonds is 37. The molecular weight excluding hydrogens is 829 g/mol. The molecule has 0 aromatic carbocycles. The second-order valence-corrected chi connectivity index (χ2v) is 17.3. The van der Waals surface area contributed by atoms with Gasteiger partial charge in [0.1, 0.15) is 55.4 Å². The van der Waals surface area contributed by atoms with E-state index < -0.39 is 99.3 Å². The van der Waals surface area contributed by atoms with E-state index in [0.717, 1.165) is 51.4 Å². The second kappa shape index (κ2) is 36.8. The van der Waals surface area contributed by atoms with E-state index >= 15 is 0 Å². The van der Waals surface area contributed by atoms with Gasteiger partial charge >= 0.3 is 11.9 Å². The van der Waals surface area contributed by atoms with Gasteiger partial charge in [0.15, 0.2) is 18.7 Å². The van der Waals surface area contributed by atoms with Crippen LogP contribution in [-0.2, 0) is 38.0 Å². The molecule has 2 rings (SSSR count). The molecule has 11 atom stereocenters. The second-order valence-electron chi connectivity index (χ2n) is 17.3. The van der Waals surface area contributed by atoms with Crippen molar-refractivity contribution >= 4 is 11.9 Å². The molecule has 0 aromatic heterocycles. The van der Waals surface area contributed by atoms with Crippen LogP contribution in [-0.4, -0.2) is 142 Å². The molecule has 7 N–H and O–H groups in total. The molecule has 0 spiro atoms. The van der Waals surface area contributed by atoms with Gasteiger partial charge in [-0.05, 0) is 70.6 Å². The highest BCUT2D eigenvalue weighted by Crippen LogP contribution is 2.26. The Hall–Kier alpha value is -2.28. The Morgan fingerprint density at radius 2 is 0.938 bits per heavy atom. The molecule has 0 aliphatic carbocycles. The van der Waals surface area contributed by atoms with Crippen LogP contribution < -0.4 is 0 Å². The fourth-order valence-electron chi connectivity index (χ4n) is 7.48. The van der Waals surface area contributed by atoms with Crippen LogP contribution in [0.2, 0.25) is 0 Å². The molecule has 2 fully saturated rings. The fourth-order valence-corrected chi connectivity index (χ4v) is 7.48. The van der Waals surface area contributed by atoms with Gasteiger partial charge in [0.2, 0.25) is 0 Å². The fraction of sp³-hybridized carbons (Fsp3) is 0.837. The van der Waals surface area contributed by atoms with Crippen molar-refractivity contribution in [2.24, 2.45) is 0 Å². The van der Waals surface area contributed by atoms with Gasteiger partial charge in [-0.3, -0.25) is 9.59 Å². The summed E-state index contributed by atoms with van der Waals surface area (Å²) in [5.41, 5.74) is 0. The maximum atomic E-state index is 13.0. The summed E-state index contributed by atoms with van der Waals surface area (Å²) in [6.45, 7) is 2.51. The third-order valence-corrected chi connectivity index (χ3v) is 11.6. The Balaban J connectivity index is 1.86. The van der Waals surface area contributed by atoms with Crippen molar-refractivity contribution in [2.45, 2.75) is 235 Å². The van der Waals surface area contributed by atoms with E-state index in [0.29, 0.717) is 12.8 Å². The first-order valence-electron chi connectivity index (χ1n) is 24.6. The number of aliphatic hydroxyl groups excluding tert-OH is 7. The first-order valence-corrected chi connectivity index (χ1v) is 24.6. The Labute approximate surface area is 383 Å². The lowest BCUT2D eigenvalue weighted by atomic mass is 9.98. The summed E-state index contributed by atoms with van der Waals surface area (Å²) in [5.74, 6) is -0.983. The van der Waals surface area contributed by atoms with Crippen LogP contribution >= 0.6 is 0 Å². The average Bonchev–Trinajstić information content (AvgIpc) is 3.29. The molecule has 372 valence electrons. The van der Waals surface area contributed by atoms with Gasteiger partial charge in [-0.15, -0.1) is 0 Å². The number of esters is 2. The largest absolute Gasteiger partial charge is 0.462 e. The zero-order chi connectivity index (χ0) is 46.8. The highest BCUT2D eigenvalue weighted by Gasteiger charge is 2.47. The third kappa shape index (κ3) is 25.0. The van der Waals surface area contributed by atoms with Gasteiger partial charge < -0.3 is 64.2 Å². The minimum Gasteiger partial charge on any atom is -0.462 e. The van der Waals surface area contributed by atoms with Gasteiger partial charge in [0.25, 0.3) is 0 Å². The predicted octanol–water partition coefficient (Wildman–Crippen LogP) is 6.15. The lowest BCUT2D eigenvalue weighted by Gasteiger charge is -2.42. The standard InChI is InChI=1S/C49H86O15/c1-3-5-7-9-11-13-15-17-18-20-22-24-26-28-30-32-41(52)62-37(34-59-40(51)31-29-27-25-23-21-19-16-14-12-10-8-6-4-2)35-60-48-47(58)45(56)43(54)39(64-48)36-61-49-46(57)44(55)42(53)38(33-50)63-49/h17-19,21-22,24,37-39,42-50,53-58H,3-16,20,23,25-36H2,1-2H3/b18-17+,21-19+,24-22+/t37-,38-,39-,42+,43+,44?,45?,46?,47?,48-,49-/m1/s1. The first-order chi connectivity index (χ1) is 31.0. The minimum atomic E-state index is -1.77. The van der Waals surface area contributed by atoms with E-state index in [4.69, 9.17) is 28.4 Å². The van der Waals surface area contributed by atoms with Crippen molar-refractivity contribution in [3.63, 3.8) is 0 Å². The molecular formula is C49H86O15. The molecule has 0 aromatic rings. The highest BCUT2D eigenvalue weighted by atomic mass is 16.7. The summed E-state index contributed by atoms with van der Waals surface area (Å²) in [5, 5.41) is 71.9. The van der Waals surface area contributed by atoms with E-state index in [2.05, 4.69) is 50.3 Å². The zero-order valence-corrected chi connectivity index (χ0v) is 39.0. The molecule has 0 amide bonds. The molecule has 2 aliphatic rings. The Morgan fingerprint density at radius 3 is 1.50 bits per heavy atom. The maximum Gasteiger partial charge on any atom is 0.306 e. The smallest absolute Gasteiger partial charge is 0.306 e. The lowest BCUT2D eigenvalue weighted by molar-refractivity contribution is -0.332. The van der Waals surface area contributed by atoms with Gasteiger partial charge in [0.05, 0.1) is 19.8 Å². The monoisotopic (exact) mass is 915 g/mol. The number of unbranched alkanes of at least 4 members (excludes halogenated alkanes) is 17. The summed E-state index contributed by atoms with van der Waals surface area (Å²) in [4.78, 5) is 25.7. The van der Waals surface area contributed by atoms with Crippen molar-refractivity contribution < 1.29 is 73.8 Å². The van der Waals surface area contributed by atoms with E-state index in [1.807, 2.05) is 0 Å². The molecule has 0 bridgehead atoms. The number of hydrogen-bond donors (Lipinski definition) is 7. The molecule has 2 saturated heterocycles. The first kappa shape index (κ1) is 57.8. The molecule has 0 radical (unpaired) electrons. The molecule has 2 aliphatic heterocycles. The summed E-state index contributed by atoms with van der Waals surface area (Å²) >= 11 is 0. The Morgan fingerprint density at radius 1 is 0.500 bits per heavy atom. The summed E-state index contributed by atoms with van der Waals surface area (Å²) in [6.07, 6.45) is 20.4. The Bertz CT molecular complexity index is 1260. The van der Waals surface area contributed by atoms with Crippen molar-refractivity contribution in [2.75, 3.05) is 26.4 Å². The van der Waals surface area contributed by atoms with Crippen LogP contribution in [0.25, 0.3) is 0 Å². The third-order valence-electron chi connectivity index (χ3n) is 11.6. The SMILES string of the molecule is CCCCCCCC/C=C/C/C=C/CCCCC(=O)O[C@H](COC(=O)CCCCC/C=C/CCCCCCCC)CO[C@@H]1O[C@H](CO[C@@H]2O[C@H](CO)[C@H](O)C(O)C2O)[C@H](O)C(O)C1O. The van der Waals surface area contributed by atoms with Crippen molar-refractivity contribution in [1.29, 1.82) is 0 Å². The predicted molar refractivity (Wildman–Crippen MR) is 243 cm³/mol. The van der Waals surface area contributed by atoms with Crippen molar-refractivity contribution in [1.82, 2.24) is 0 Å². The van der Waals surface area contributed by atoms with E-state index in [-0.39, 0.29) is 19.4 Å². The van der Waals surface area contributed by atoms with Crippen molar-refractivity contribution in [3.05, 3.63) is 36.5 Å². The van der Waals surface area contributed by atoms with Crippen LogP contribution in [0.1, 0.15) is 168 Å². The zero-order valence-electron chi connectivity index (χ0n) is 39.0.